The topological polar surface area (TPSA) is 29.5 Å². The number of carbonyl (C=O) groups is 1. The Morgan fingerprint density at radius 3 is 2.45 bits per heavy atom. The molecule has 0 aromatic heterocycles. The van der Waals surface area contributed by atoms with Gasteiger partial charge in [-0.1, -0.05) is 35.4 Å². The molecule has 0 saturated carbocycles. The molecular formula is C15H19Cl2NO2. The second kappa shape index (κ2) is 8.30. The fraction of sp³-hybridized carbons (Fsp3) is 0.400. The zero-order valence-electron chi connectivity index (χ0n) is 12.0. The fourth-order valence-corrected chi connectivity index (χ4v) is 2.32. The van der Waals surface area contributed by atoms with Crippen LogP contribution in [0.5, 0.6) is 0 Å². The molecule has 1 aromatic rings. The second-order valence-electron chi connectivity index (χ2n) is 4.50. The Labute approximate surface area is 130 Å². The highest BCUT2D eigenvalue weighted by Gasteiger charge is 2.21. The molecule has 0 radical (unpaired) electrons. The molecule has 0 unspecified atom stereocenters. The summed E-state index contributed by atoms with van der Waals surface area (Å²) in [7, 11) is 1.60. The van der Waals surface area contributed by atoms with Crippen LogP contribution in [0.1, 0.15) is 19.4 Å². The zero-order chi connectivity index (χ0) is 15.1. The Morgan fingerprint density at radius 2 is 1.95 bits per heavy atom. The molecule has 3 nitrogen and oxygen atoms in total. The standard InChI is InChI=1S/C15H19Cl2NO2/c1-11(2)15(12-6-4-5-7-13(12)17)18(8-9-20-3)14(19)10-16/h4-7H,8-10H2,1-3H3. The fourth-order valence-electron chi connectivity index (χ4n) is 1.95. The summed E-state index contributed by atoms with van der Waals surface area (Å²) in [6, 6.07) is 7.45. The van der Waals surface area contributed by atoms with Crippen LogP contribution in [0.3, 0.4) is 0 Å². The average Bonchev–Trinajstić information content (AvgIpc) is 2.43. The summed E-state index contributed by atoms with van der Waals surface area (Å²) in [5, 5.41) is 0.605. The summed E-state index contributed by atoms with van der Waals surface area (Å²) in [5.41, 5.74) is 2.61. The summed E-state index contributed by atoms with van der Waals surface area (Å²) in [6.07, 6.45) is 0. The number of benzene rings is 1. The van der Waals surface area contributed by atoms with Crippen LogP contribution in [0.15, 0.2) is 29.8 Å². The molecule has 0 aliphatic rings. The molecule has 0 aliphatic carbocycles. The van der Waals surface area contributed by atoms with Crippen molar-refractivity contribution in [3.05, 3.63) is 40.4 Å². The minimum Gasteiger partial charge on any atom is -0.383 e. The van der Waals surface area contributed by atoms with Crippen molar-refractivity contribution in [2.24, 2.45) is 0 Å². The number of ether oxygens (including phenoxy) is 1. The first kappa shape index (κ1) is 17.0. The van der Waals surface area contributed by atoms with Gasteiger partial charge in [0.25, 0.3) is 0 Å². The molecule has 1 aromatic carbocycles. The maximum atomic E-state index is 12.1. The van der Waals surface area contributed by atoms with E-state index in [0.29, 0.717) is 18.2 Å². The predicted molar refractivity (Wildman–Crippen MR) is 84.0 cm³/mol. The van der Waals surface area contributed by atoms with Gasteiger partial charge in [0.15, 0.2) is 0 Å². The smallest absolute Gasteiger partial charge is 0.242 e. The number of methoxy groups -OCH3 is 1. The van der Waals surface area contributed by atoms with Crippen molar-refractivity contribution in [3.8, 4) is 0 Å². The van der Waals surface area contributed by atoms with E-state index in [1.807, 2.05) is 32.0 Å². The number of nitrogens with zero attached hydrogens (tertiary/aromatic N) is 1. The quantitative estimate of drug-likeness (QED) is 0.747. The predicted octanol–water partition coefficient (Wildman–Crippen LogP) is 3.80. The van der Waals surface area contributed by atoms with E-state index >= 15 is 0 Å². The number of hydrogen-bond donors (Lipinski definition) is 0. The summed E-state index contributed by atoms with van der Waals surface area (Å²) >= 11 is 12.0. The number of amides is 1. The molecule has 20 heavy (non-hydrogen) atoms. The van der Waals surface area contributed by atoms with Gasteiger partial charge in [-0.25, -0.2) is 0 Å². The molecule has 0 fully saturated rings. The van der Waals surface area contributed by atoms with Crippen molar-refractivity contribution in [2.45, 2.75) is 13.8 Å². The first-order valence-corrected chi connectivity index (χ1v) is 7.21. The molecule has 0 heterocycles. The average molecular weight is 316 g/mol. The Bertz CT molecular complexity index is 496. The van der Waals surface area contributed by atoms with E-state index in [-0.39, 0.29) is 11.8 Å². The Morgan fingerprint density at radius 1 is 1.30 bits per heavy atom. The summed E-state index contributed by atoms with van der Waals surface area (Å²) in [4.78, 5) is 13.7. The second-order valence-corrected chi connectivity index (χ2v) is 5.17. The van der Waals surface area contributed by atoms with Gasteiger partial charge in [0.05, 0.1) is 12.3 Å². The van der Waals surface area contributed by atoms with Crippen LogP contribution in [0, 0.1) is 0 Å². The first-order chi connectivity index (χ1) is 9.52. The maximum absolute atomic E-state index is 12.1. The third-order valence-electron chi connectivity index (χ3n) is 2.81. The van der Waals surface area contributed by atoms with E-state index in [9.17, 15) is 4.79 Å². The molecular weight excluding hydrogens is 297 g/mol. The molecule has 5 heteroatoms. The van der Waals surface area contributed by atoms with Gasteiger partial charge < -0.3 is 9.64 Å². The number of carbonyl (C=O) groups excluding carboxylic acids is 1. The van der Waals surface area contributed by atoms with Crippen molar-refractivity contribution >= 4 is 34.8 Å². The van der Waals surface area contributed by atoms with Gasteiger partial charge in [-0.05, 0) is 19.9 Å². The zero-order valence-corrected chi connectivity index (χ0v) is 13.5. The van der Waals surface area contributed by atoms with Crippen LogP contribution in [-0.2, 0) is 9.53 Å². The third-order valence-corrected chi connectivity index (χ3v) is 3.37. The molecule has 1 rings (SSSR count). The van der Waals surface area contributed by atoms with Crippen molar-refractivity contribution < 1.29 is 9.53 Å². The highest BCUT2D eigenvalue weighted by Crippen LogP contribution is 2.29. The van der Waals surface area contributed by atoms with Gasteiger partial charge >= 0.3 is 0 Å². The number of rotatable bonds is 6. The molecule has 0 saturated heterocycles. The lowest BCUT2D eigenvalue weighted by molar-refractivity contribution is -0.125. The number of halogens is 2. The minimum atomic E-state index is -0.167. The van der Waals surface area contributed by atoms with Crippen LogP contribution < -0.4 is 0 Å². The van der Waals surface area contributed by atoms with Crippen LogP contribution in [0.25, 0.3) is 5.70 Å². The highest BCUT2D eigenvalue weighted by molar-refractivity contribution is 6.32. The molecule has 0 atom stereocenters. The SMILES string of the molecule is COCCN(C(=O)CCl)C(=C(C)C)c1ccccc1Cl. The van der Waals surface area contributed by atoms with Gasteiger partial charge in [0.2, 0.25) is 5.91 Å². The molecule has 0 aliphatic heterocycles. The van der Waals surface area contributed by atoms with Gasteiger partial charge in [0, 0.05) is 24.2 Å². The monoisotopic (exact) mass is 315 g/mol. The Hall–Kier alpha value is -1.03. The van der Waals surface area contributed by atoms with Crippen molar-refractivity contribution in [2.75, 3.05) is 26.1 Å². The van der Waals surface area contributed by atoms with E-state index in [2.05, 4.69) is 0 Å². The van der Waals surface area contributed by atoms with Gasteiger partial charge in [-0.2, -0.15) is 0 Å². The molecule has 1 amide bonds. The molecule has 0 spiro atoms. The lowest BCUT2D eigenvalue weighted by Gasteiger charge is -2.27. The van der Waals surface area contributed by atoms with Crippen LogP contribution in [0.4, 0.5) is 0 Å². The maximum Gasteiger partial charge on any atom is 0.242 e. The molecule has 0 bridgehead atoms. The van der Waals surface area contributed by atoms with Crippen LogP contribution >= 0.6 is 23.2 Å². The normalized spacial score (nSPS) is 10.2. The van der Waals surface area contributed by atoms with Gasteiger partial charge in [0.1, 0.15) is 5.88 Å². The van der Waals surface area contributed by atoms with E-state index in [1.165, 1.54) is 0 Å². The van der Waals surface area contributed by atoms with Crippen molar-refractivity contribution in [1.82, 2.24) is 4.90 Å². The van der Waals surface area contributed by atoms with E-state index in [0.717, 1.165) is 16.8 Å². The van der Waals surface area contributed by atoms with Crippen LogP contribution in [-0.4, -0.2) is 36.9 Å². The molecule has 110 valence electrons. The van der Waals surface area contributed by atoms with E-state index in [4.69, 9.17) is 27.9 Å². The van der Waals surface area contributed by atoms with Gasteiger partial charge in [-0.3, -0.25) is 4.79 Å². The highest BCUT2D eigenvalue weighted by atomic mass is 35.5. The summed E-state index contributed by atoms with van der Waals surface area (Å²) in [6.45, 7) is 4.76. The number of alkyl halides is 1. The lowest BCUT2D eigenvalue weighted by atomic mass is 10.1. The van der Waals surface area contributed by atoms with E-state index < -0.39 is 0 Å². The van der Waals surface area contributed by atoms with Gasteiger partial charge in [-0.15, -0.1) is 11.6 Å². The number of hydrogen-bond acceptors (Lipinski definition) is 2. The largest absolute Gasteiger partial charge is 0.383 e. The lowest BCUT2D eigenvalue weighted by Crippen LogP contribution is -2.34. The summed E-state index contributed by atoms with van der Waals surface area (Å²) in [5.74, 6) is -0.245. The summed E-state index contributed by atoms with van der Waals surface area (Å²) < 4.78 is 5.07. The first-order valence-electron chi connectivity index (χ1n) is 6.30. The minimum absolute atomic E-state index is 0.0784. The third kappa shape index (κ3) is 4.23. The Balaban J connectivity index is 3.27. The van der Waals surface area contributed by atoms with Crippen molar-refractivity contribution in [3.63, 3.8) is 0 Å². The Kier molecular flexibility index (Phi) is 7.06. The van der Waals surface area contributed by atoms with Crippen molar-refractivity contribution in [1.29, 1.82) is 0 Å². The van der Waals surface area contributed by atoms with Crippen LogP contribution in [0.2, 0.25) is 5.02 Å². The van der Waals surface area contributed by atoms with E-state index in [1.54, 1.807) is 18.1 Å². The number of allylic oxidation sites excluding steroid dienone is 1. The molecule has 0 N–H and O–H groups in total.